The Kier molecular flexibility index (Phi) is 4.93. The molecule has 0 spiro atoms. The maximum absolute atomic E-state index is 2.28. The van der Waals surface area contributed by atoms with E-state index in [0.717, 1.165) is 5.75 Å². The van der Waals surface area contributed by atoms with Crippen LogP contribution in [-0.2, 0) is 4.75 Å². The summed E-state index contributed by atoms with van der Waals surface area (Å²) in [5, 5.41) is 0. The molecule has 1 heterocycles. The van der Waals surface area contributed by atoms with Gasteiger partial charge in [-0.25, -0.2) is 0 Å². The lowest BCUT2D eigenvalue weighted by Gasteiger charge is -2.43. The van der Waals surface area contributed by atoms with Gasteiger partial charge < -0.3 is 0 Å². The molecule has 1 fully saturated rings. The van der Waals surface area contributed by atoms with Crippen molar-refractivity contribution >= 4 is 31.4 Å². The largest absolute Gasteiger partial charge is 0.0845 e. The first-order valence-corrected chi connectivity index (χ1v) is 11.7. The summed E-state index contributed by atoms with van der Waals surface area (Å²) in [5.41, 5.74) is 4.20. The van der Waals surface area contributed by atoms with E-state index in [1.807, 2.05) is 31.4 Å². The summed E-state index contributed by atoms with van der Waals surface area (Å²) in [4.78, 5) is 0. The van der Waals surface area contributed by atoms with Crippen LogP contribution in [0.1, 0.15) is 22.6 Å². The zero-order valence-corrected chi connectivity index (χ0v) is 15.6. The van der Waals surface area contributed by atoms with Gasteiger partial charge in [-0.1, -0.05) is 113 Å². The Labute approximate surface area is 155 Å². The summed E-state index contributed by atoms with van der Waals surface area (Å²) >= 11 is 0. The zero-order valence-electron chi connectivity index (χ0n) is 13.2. The molecule has 1 atom stereocenters. The number of rotatable bonds is 3. The van der Waals surface area contributed by atoms with Crippen molar-refractivity contribution in [3.8, 4) is 0 Å². The van der Waals surface area contributed by atoms with E-state index in [1.165, 1.54) is 16.7 Å². The van der Waals surface area contributed by atoms with Crippen LogP contribution in [0.2, 0.25) is 0 Å². The topological polar surface area (TPSA) is 0 Å². The predicted octanol–water partition coefficient (Wildman–Crippen LogP) is 6.76. The molecule has 1 saturated heterocycles. The molecule has 3 aromatic rings. The fraction of sp³-hybridized carbons (Fsp3) is 0.143. The fourth-order valence-corrected chi connectivity index (χ4v) is 8.96. The van der Waals surface area contributed by atoms with E-state index in [4.69, 9.17) is 0 Å². The lowest BCUT2D eigenvalue weighted by atomic mass is 9.77. The zero-order chi connectivity index (χ0) is 16.2. The lowest BCUT2D eigenvalue weighted by molar-refractivity contribution is 0.615. The van der Waals surface area contributed by atoms with Crippen LogP contribution in [0.5, 0.6) is 0 Å². The summed E-state index contributed by atoms with van der Waals surface area (Å²) in [6.07, 6.45) is 0. The summed E-state index contributed by atoms with van der Waals surface area (Å²) < 4.78 is -0.0558. The van der Waals surface area contributed by atoms with Gasteiger partial charge in [0.1, 0.15) is 0 Å². The van der Waals surface area contributed by atoms with Crippen LogP contribution >= 0.6 is 31.4 Å². The molecular weight excluding hydrogens is 348 g/mol. The summed E-state index contributed by atoms with van der Waals surface area (Å²) in [6.45, 7) is 0. The minimum absolute atomic E-state index is 0.0558. The quantitative estimate of drug-likeness (QED) is 0.470. The molecule has 0 saturated carbocycles. The van der Waals surface area contributed by atoms with E-state index in [0.29, 0.717) is 5.92 Å². The third-order valence-electron chi connectivity index (χ3n) is 4.55. The van der Waals surface area contributed by atoms with E-state index >= 15 is 0 Å². The molecule has 3 aromatic carbocycles. The predicted molar refractivity (Wildman–Crippen MR) is 110 cm³/mol. The van der Waals surface area contributed by atoms with Crippen molar-refractivity contribution in [3.63, 3.8) is 0 Å². The van der Waals surface area contributed by atoms with Crippen LogP contribution in [0.15, 0.2) is 91.0 Å². The molecule has 1 aliphatic rings. The molecule has 0 aromatic heterocycles. The van der Waals surface area contributed by atoms with Crippen molar-refractivity contribution in [1.29, 1.82) is 0 Å². The Hall–Kier alpha value is -1.29. The van der Waals surface area contributed by atoms with Gasteiger partial charge in [0.25, 0.3) is 0 Å². The Morgan fingerprint density at radius 3 is 1.71 bits per heavy atom. The van der Waals surface area contributed by atoms with Gasteiger partial charge in [-0.2, -0.15) is 0 Å². The standard InChI is InChI=1S/C21H18S3/c1-4-10-17(11-5-1)20-16-22-24-23-21(20,18-12-6-2-7-13-18)19-14-8-3-9-15-19/h1-15,20H,16H2. The molecule has 0 N–H and O–H groups in total. The van der Waals surface area contributed by atoms with Crippen molar-refractivity contribution in [3.05, 3.63) is 108 Å². The maximum Gasteiger partial charge on any atom is 0.0845 e. The first-order chi connectivity index (χ1) is 11.9. The second-order valence-electron chi connectivity index (χ2n) is 5.87. The van der Waals surface area contributed by atoms with Crippen molar-refractivity contribution in [2.24, 2.45) is 0 Å². The maximum atomic E-state index is 2.28. The van der Waals surface area contributed by atoms with Gasteiger partial charge in [0.05, 0.1) is 4.75 Å². The lowest BCUT2D eigenvalue weighted by Crippen LogP contribution is -2.34. The molecule has 0 radical (unpaired) electrons. The van der Waals surface area contributed by atoms with E-state index in [1.54, 1.807) is 0 Å². The monoisotopic (exact) mass is 366 g/mol. The summed E-state index contributed by atoms with van der Waals surface area (Å²) in [7, 11) is 5.89. The Balaban J connectivity index is 1.94. The van der Waals surface area contributed by atoms with Gasteiger partial charge in [0.15, 0.2) is 0 Å². The van der Waals surface area contributed by atoms with Crippen LogP contribution < -0.4 is 0 Å². The van der Waals surface area contributed by atoms with E-state index in [-0.39, 0.29) is 4.75 Å². The van der Waals surface area contributed by atoms with Crippen LogP contribution in [0, 0.1) is 0 Å². The van der Waals surface area contributed by atoms with Crippen molar-refractivity contribution in [1.82, 2.24) is 0 Å². The van der Waals surface area contributed by atoms with Gasteiger partial charge >= 0.3 is 0 Å². The number of benzene rings is 3. The van der Waals surface area contributed by atoms with Crippen LogP contribution in [-0.4, -0.2) is 5.75 Å². The molecule has 0 aliphatic carbocycles. The van der Waals surface area contributed by atoms with Crippen LogP contribution in [0.25, 0.3) is 0 Å². The molecule has 1 unspecified atom stereocenters. The molecule has 120 valence electrons. The van der Waals surface area contributed by atoms with Crippen molar-refractivity contribution in [2.45, 2.75) is 10.7 Å². The highest BCUT2D eigenvalue weighted by atomic mass is 33.5. The van der Waals surface area contributed by atoms with Crippen LogP contribution in [0.4, 0.5) is 0 Å². The van der Waals surface area contributed by atoms with Gasteiger partial charge in [-0.15, -0.1) is 0 Å². The highest BCUT2D eigenvalue weighted by molar-refractivity contribution is 9.09. The average Bonchev–Trinajstić information content (AvgIpc) is 2.70. The smallest absolute Gasteiger partial charge is 0.0818 e. The summed E-state index contributed by atoms with van der Waals surface area (Å²) in [5.74, 6) is 1.56. The van der Waals surface area contributed by atoms with Crippen molar-refractivity contribution in [2.75, 3.05) is 5.75 Å². The molecule has 4 rings (SSSR count). The Bertz CT molecular complexity index is 732. The van der Waals surface area contributed by atoms with Crippen molar-refractivity contribution < 1.29 is 0 Å². The number of hydrogen-bond acceptors (Lipinski definition) is 3. The second kappa shape index (κ2) is 7.30. The minimum atomic E-state index is -0.0558. The second-order valence-corrected chi connectivity index (χ2v) is 10.2. The van der Waals surface area contributed by atoms with Gasteiger partial charge in [0, 0.05) is 11.7 Å². The SMILES string of the molecule is c1ccc(C2CSSSC2(c2ccccc2)c2ccccc2)cc1. The molecule has 24 heavy (non-hydrogen) atoms. The number of hydrogen-bond donors (Lipinski definition) is 0. The molecule has 0 amide bonds. The molecular formula is C21H18S3. The molecule has 0 bridgehead atoms. The Morgan fingerprint density at radius 1 is 0.667 bits per heavy atom. The fourth-order valence-electron chi connectivity index (χ4n) is 3.40. The average molecular weight is 367 g/mol. The first kappa shape index (κ1) is 16.2. The third kappa shape index (κ3) is 2.90. The third-order valence-corrected chi connectivity index (χ3v) is 9.37. The highest BCUT2D eigenvalue weighted by Crippen LogP contribution is 2.64. The first-order valence-electron chi connectivity index (χ1n) is 8.04. The van der Waals surface area contributed by atoms with Gasteiger partial charge in [-0.3, -0.25) is 0 Å². The molecule has 3 heteroatoms. The van der Waals surface area contributed by atoms with Crippen LogP contribution in [0.3, 0.4) is 0 Å². The normalized spacial score (nSPS) is 19.8. The highest BCUT2D eigenvalue weighted by Gasteiger charge is 2.46. The minimum Gasteiger partial charge on any atom is -0.0818 e. The molecule has 1 aliphatic heterocycles. The van der Waals surface area contributed by atoms with Gasteiger partial charge in [-0.05, 0) is 26.5 Å². The summed E-state index contributed by atoms with van der Waals surface area (Å²) in [6, 6.07) is 33.0. The van der Waals surface area contributed by atoms with E-state index < -0.39 is 0 Å². The molecule has 0 nitrogen and oxygen atoms in total. The van der Waals surface area contributed by atoms with E-state index in [2.05, 4.69) is 91.0 Å². The Morgan fingerprint density at radius 2 is 1.17 bits per heavy atom. The van der Waals surface area contributed by atoms with Gasteiger partial charge in [0.2, 0.25) is 0 Å². The van der Waals surface area contributed by atoms with E-state index in [9.17, 15) is 0 Å².